The van der Waals surface area contributed by atoms with Crippen molar-refractivity contribution in [1.29, 1.82) is 0 Å². The molecule has 0 spiro atoms. The van der Waals surface area contributed by atoms with E-state index in [2.05, 4.69) is 65.2 Å². The highest BCUT2D eigenvalue weighted by Gasteiger charge is 2.18. The summed E-state index contributed by atoms with van der Waals surface area (Å²) in [5.41, 5.74) is 0. The van der Waals surface area contributed by atoms with Crippen LogP contribution in [-0.2, 0) is 0 Å². The van der Waals surface area contributed by atoms with Crippen LogP contribution in [0.5, 0.6) is 0 Å². The van der Waals surface area contributed by atoms with Gasteiger partial charge >= 0.3 is 0 Å². The highest BCUT2D eigenvalue weighted by Crippen LogP contribution is 2.17. The minimum Gasteiger partial charge on any atom is -0.302 e. The van der Waals surface area contributed by atoms with Gasteiger partial charge in [-0.1, -0.05) is 107 Å². The van der Waals surface area contributed by atoms with Crippen molar-refractivity contribution in [3.8, 4) is 0 Å². The molecule has 0 bridgehead atoms. The van der Waals surface area contributed by atoms with Crippen molar-refractivity contribution in [2.24, 2.45) is 23.7 Å². The minimum atomic E-state index is 0.828. The summed E-state index contributed by atoms with van der Waals surface area (Å²) in [5, 5.41) is 0. The Labute approximate surface area is 205 Å². The van der Waals surface area contributed by atoms with Gasteiger partial charge in [0.2, 0.25) is 0 Å². The highest BCUT2D eigenvalue weighted by atomic mass is 15.2. The van der Waals surface area contributed by atoms with Gasteiger partial charge in [-0.15, -0.1) is 0 Å². The largest absolute Gasteiger partial charge is 0.302 e. The van der Waals surface area contributed by atoms with Crippen LogP contribution < -0.4 is 0 Å². The van der Waals surface area contributed by atoms with Gasteiger partial charge in [0.1, 0.15) is 0 Å². The molecule has 0 aliphatic rings. The van der Waals surface area contributed by atoms with Crippen LogP contribution in [0.25, 0.3) is 0 Å². The zero-order valence-corrected chi connectivity index (χ0v) is 23.9. The predicted octanol–water partition coefficient (Wildman–Crippen LogP) is 8.90. The summed E-state index contributed by atoms with van der Waals surface area (Å²) in [6.45, 7) is 26.9. The van der Waals surface area contributed by atoms with E-state index in [0.29, 0.717) is 0 Å². The molecule has 2 nitrogen and oxygen atoms in total. The third-order valence-electron chi connectivity index (χ3n) is 7.21. The molecule has 0 aromatic heterocycles. The molecular formula is C30H64N2. The SMILES string of the molecule is CCCCC(C)CN(CCN(CC(C)CCCC)CC(C)CCCC)CC(C)CCCC. The standard InChI is InChI=1S/C30H64N2/c1-9-13-17-27(5)23-31(24-28(6)18-14-10-2)21-22-32(25-29(7)19-15-11-3)26-30(8)20-16-12-4/h27-30H,9-26H2,1-8H3. The normalized spacial score (nSPS) is 15.9. The van der Waals surface area contributed by atoms with Gasteiger partial charge in [-0.25, -0.2) is 0 Å². The first-order valence-electron chi connectivity index (χ1n) is 14.8. The molecule has 4 atom stereocenters. The Kier molecular flexibility index (Phi) is 21.4. The van der Waals surface area contributed by atoms with E-state index >= 15 is 0 Å². The maximum atomic E-state index is 2.83. The lowest BCUT2D eigenvalue weighted by molar-refractivity contribution is 0.142. The van der Waals surface area contributed by atoms with Gasteiger partial charge < -0.3 is 9.80 Å². The second-order valence-corrected chi connectivity index (χ2v) is 11.5. The molecule has 194 valence electrons. The smallest absolute Gasteiger partial charge is 0.0110 e. The highest BCUT2D eigenvalue weighted by molar-refractivity contribution is 4.72. The molecule has 0 heterocycles. The average Bonchev–Trinajstić information content (AvgIpc) is 2.76. The van der Waals surface area contributed by atoms with Gasteiger partial charge in [-0.3, -0.25) is 0 Å². The number of hydrogen-bond acceptors (Lipinski definition) is 2. The van der Waals surface area contributed by atoms with Crippen molar-refractivity contribution < 1.29 is 0 Å². The molecule has 0 fully saturated rings. The van der Waals surface area contributed by atoms with Crippen molar-refractivity contribution in [1.82, 2.24) is 9.80 Å². The van der Waals surface area contributed by atoms with E-state index in [1.165, 1.54) is 116 Å². The monoisotopic (exact) mass is 453 g/mol. The molecule has 2 heteroatoms. The number of nitrogens with zero attached hydrogens (tertiary/aromatic N) is 2. The van der Waals surface area contributed by atoms with Crippen LogP contribution in [0.1, 0.15) is 132 Å². The van der Waals surface area contributed by atoms with Crippen LogP contribution >= 0.6 is 0 Å². The molecule has 0 aliphatic heterocycles. The van der Waals surface area contributed by atoms with E-state index in [1.54, 1.807) is 0 Å². The minimum absolute atomic E-state index is 0.828. The summed E-state index contributed by atoms with van der Waals surface area (Å²) in [5.74, 6) is 3.31. The van der Waals surface area contributed by atoms with Crippen LogP contribution in [0.15, 0.2) is 0 Å². The van der Waals surface area contributed by atoms with Crippen LogP contribution in [-0.4, -0.2) is 49.1 Å². The third kappa shape index (κ3) is 18.4. The quantitative estimate of drug-likeness (QED) is 0.153. The number of unbranched alkanes of at least 4 members (excludes halogenated alkanes) is 4. The molecule has 0 aromatic rings. The van der Waals surface area contributed by atoms with E-state index in [4.69, 9.17) is 0 Å². The van der Waals surface area contributed by atoms with E-state index in [9.17, 15) is 0 Å². The molecule has 4 unspecified atom stereocenters. The lowest BCUT2D eigenvalue weighted by atomic mass is 10.00. The lowest BCUT2D eigenvalue weighted by Gasteiger charge is -2.33. The zero-order chi connectivity index (χ0) is 24.2. The fraction of sp³-hybridized carbons (Fsp3) is 1.00. The van der Waals surface area contributed by atoms with Gasteiger partial charge in [-0.05, 0) is 49.4 Å². The second-order valence-electron chi connectivity index (χ2n) is 11.5. The summed E-state index contributed by atoms with van der Waals surface area (Å²) >= 11 is 0. The first kappa shape index (κ1) is 31.9. The maximum Gasteiger partial charge on any atom is 0.0110 e. The Morgan fingerprint density at radius 3 is 0.812 bits per heavy atom. The van der Waals surface area contributed by atoms with E-state index < -0.39 is 0 Å². The summed E-state index contributed by atoms with van der Waals surface area (Å²) < 4.78 is 0. The topological polar surface area (TPSA) is 6.48 Å². The molecule has 0 saturated carbocycles. The van der Waals surface area contributed by atoms with Crippen LogP contribution in [0, 0.1) is 23.7 Å². The Bertz CT molecular complexity index is 315. The zero-order valence-electron chi connectivity index (χ0n) is 23.9. The van der Waals surface area contributed by atoms with Gasteiger partial charge in [0.25, 0.3) is 0 Å². The maximum absolute atomic E-state index is 2.83. The van der Waals surface area contributed by atoms with Gasteiger partial charge in [0.05, 0.1) is 0 Å². The molecule has 0 aromatic carbocycles. The summed E-state index contributed by atoms with van der Waals surface area (Å²) in [4.78, 5) is 5.67. The Morgan fingerprint density at radius 1 is 0.406 bits per heavy atom. The lowest BCUT2D eigenvalue weighted by Crippen LogP contribution is -2.42. The predicted molar refractivity (Wildman–Crippen MR) is 148 cm³/mol. The van der Waals surface area contributed by atoms with Gasteiger partial charge in [0, 0.05) is 39.3 Å². The molecule has 0 aliphatic carbocycles. The molecule has 0 N–H and O–H groups in total. The molecule has 0 saturated heterocycles. The number of hydrogen-bond donors (Lipinski definition) is 0. The molecule has 0 amide bonds. The fourth-order valence-electron chi connectivity index (χ4n) is 5.14. The summed E-state index contributed by atoms with van der Waals surface area (Å²) in [6.07, 6.45) is 16.4. The van der Waals surface area contributed by atoms with Gasteiger partial charge in [0.15, 0.2) is 0 Å². The van der Waals surface area contributed by atoms with Gasteiger partial charge in [-0.2, -0.15) is 0 Å². The second kappa shape index (κ2) is 21.5. The Morgan fingerprint density at radius 2 is 0.625 bits per heavy atom. The van der Waals surface area contributed by atoms with E-state index in [-0.39, 0.29) is 0 Å². The van der Waals surface area contributed by atoms with E-state index in [0.717, 1.165) is 23.7 Å². The molecular weight excluding hydrogens is 388 g/mol. The van der Waals surface area contributed by atoms with Crippen LogP contribution in [0.4, 0.5) is 0 Å². The van der Waals surface area contributed by atoms with Crippen molar-refractivity contribution in [3.63, 3.8) is 0 Å². The third-order valence-corrected chi connectivity index (χ3v) is 7.21. The molecule has 0 rings (SSSR count). The van der Waals surface area contributed by atoms with E-state index in [1.807, 2.05) is 0 Å². The number of rotatable bonds is 23. The Balaban J connectivity index is 4.98. The average molecular weight is 453 g/mol. The van der Waals surface area contributed by atoms with Crippen LogP contribution in [0.2, 0.25) is 0 Å². The summed E-state index contributed by atoms with van der Waals surface area (Å²) in [6, 6.07) is 0. The van der Waals surface area contributed by atoms with Crippen LogP contribution in [0.3, 0.4) is 0 Å². The van der Waals surface area contributed by atoms with Crippen molar-refractivity contribution in [2.75, 3.05) is 39.3 Å². The summed E-state index contributed by atoms with van der Waals surface area (Å²) in [7, 11) is 0. The fourth-order valence-corrected chi connectivity index (χ4v) is 5.14. The Hall–Kier alpha value is -0.0800. The first-order chi connectivity index (χ1) is 15.4. The molecule has 0 radical (unpaired) electrons. The van der Waals surface area contributed by atoms with Crippen molar-refractivity contribution in [3.05, 3.63) is 0 Å². The first-order valence-corrected chi connectivity index (χ1v) is 14.8. The van der Waals surface area contributed by atoms with Crippen molar-refractivity contribution >= 4 is 0 Å². The van der Waals surface area contributed by atoms with Crippen molar-refractivity contribution in [2.45, 2.75) is 132 Å². The molecule has 32 heavy (non-hydrogen) atoms.